The first-order valence-electron chi connectivity index (χ1n) is 12.5. The SMILES string of the molecule is CCOC(=O)C(C)(C)Oc1ccc(CCN(Cc2ccc(C(C)(F)F)cc2)c2ccc(C(C)=O)cn2)cc1. The summed E-state index contributed by atoms with van der Waals surface area (Å²) in [5.74, 6) is -2.17. The van der Waals surface area contributed by atoms with Gasteiger partial charge >= 0.3 is 5.97 Å². The Labute approximate surface area is 222 Å². The van der Waals surface area contributed by atoms with Crippen molar-refractivity contribution in [3.63, 3.8) is 0 Å². The van der Waals surface area contributed by atoms with Gasteiger partial charge in [0.2, 0.25) is 0 Å². The molecule has 0 atom stereocenters. The Hall–Kier alpha value is -3.81. The third-order valence-electron chi connectivity index (χ3n) is 6.05. The van der Waals surface area contributed by atoms with E-state index in [9.17, 15) is 18.4 Å². The van der Waals surface area contributed by atoms with E-state index in [1.165, 1.54) is 19.1 Å². The van der Waals surface area contributed by atoms with Crippen LogP contribution in [0.25, 0.3) is 0 Å². The highest BCUT2D eigenvalue weighted by molar-refractivity contribution is 5.93. The van der Waals surface area contributed by atoms with Gasteiger partial charge in [0, 0.05) is 37.3 Å². The van der Waals surface area contributed by atoms with Crippen LogP contribution in [0.2, 0.25) is 0 Å². The van der Waals surface area contributed by atoms with Crippen molar-refractivity contribution in [3.05, 3.63) is 89.1 Å². The van der Waals surface area contributed by atoms with Gasteiger partial charge in [0.05, 0.1) is 6.61 Å². The Bertz CT molecular complexity index is 1220. The molecule has 0 saturated carbocycles. The zero-order chi connectivity index (χ0) is 27.9. The van der Waals surface area contributed by atoms with Crippen molar-refractivity contribution in [2.45, 2.75) is 59.1 Å². The number of carbonyl (C=O) groups excluding carboxylic acids is 2. The van der Waals surface area contributed by atoms with Crippen molar-refractivity contribution in [1.82, 2.24) is 4.98 Å². The number of ketones is 1. The molecule has 0 aliphatic rings. The van der Waals surface area contributed by atoms with E-state index in [1.807, 2.05) is 29.2 Å². The summed E-state index contributed by atoms with van der Waals surface area (Å²) < 4.78 is 38.2. The van der Waals surface area contributed by atoms with Gasteiger partial charge in [-0.25, -0.2) is 18.6 Å². The lowest BCUT2D eigenvalue weighted by Crippen LogP contribution is -2.39. The van der Waals surface area contributed by atoms with Crippen molar-refractivity contribution in [3.8, 4) is 5.75 Å². The molecule has 202 valence electrons. The molecule has 3 rings (SSSR count). The van der Waals surface area contributed by atoms with Crippen LogP contribution < -0.4 is 9.64 Å². The van der Waals surface area contributed by atoms with E-state index in [4.69, 9.17) is 9.47 Å². The molecule has 0 unspecified atom stereocenters. The lowest BCUT2D eigenvalue weighted by Gasteiger charge is -2.25. The maximum absolute atomic E-state index is 13.6. The lowest BCUT2D eigenvalue weighted by atomic mass is 10.1. The van der Waals surface area contributed by atoms with Gasteiger partial charge in [-0.1, -0.05) is 36.4 Å². The van der Waals surface area contributed by atoms with E-state index in [0.29, 0.717) is 36.6 Å². The number of carbonyl (C=O) groups is 2. The van der Waals surface area contributed by atoms with Crippen LogP contribution >= 0.6 is 0 Å². The summed E-state index contributed by atoms with van der Waals surface area (Å²) in [4.78, 5) is 30.3. The van der Waals surface area contributed by atoms with E-state index in [1.54, 1.807) is 51.2 Å². The van der Waals surface area contributed by atoms with E-state index < -0.39 is 17.5 Å². The highest BCUT2D eigenvalue weighted by atomic mass is 19.3. The van der Waals surface area contributed by atoms with E-state index in [-0.39, 0.29) is 18.0 Å². The average molecular weight is 525 g/mol. The zero-order valence-corrected chi connectivity index (χ0v) is 22.5. The molecule has 0 aliphatic carbocycles. The number of ether oxygens (including phenoxy) is 2. The van der Waals surface area contributed by atoms with E-state index >= 15 is 0 Å². The maximum Gasteiger partial charge on any atom is 0.349 e. The number of pyridine rings is 1. The van der Waals surface area contributed by atoms with Crippen LogP contribution in [0.5, 0.6) is 5.75 Å². The molecular formula is C30H34F2N2O4. The number of halogens is 2. The third kappa shape index (κ3) is 7.84. The molecule has 6 nitrogen and oxygen atoms in total. The van der Waals surface area contributed by atoms with Gasteiger partial charge in [0.25, 0.3) is 5.92 Å². The summed E-state index contributed by atoms with van der Waals surface area (Å²) in [5.41, 5.74) is 1.27. The highest BCUT2D eigenvalue weighted by Crippen LogP contribution is 2.27. The summed E-state index contributed by atoms with van der Waals surface area (Å²) in [5, 5.41) is 0. The predicted molar refractivity (Wildman–Crippen MR) is 143 cm³/mol. The monoisotopic (exact) mass is 524 g/mol. The second-order valence-corrected chi connectivity index (χ2v) is 9.69. The van der Waals surface area contributed by atoms with E-state index in [0.717, 1.165) is 18.1 Å². The van der Waals surface area contributed by atoms with Crippen molar-refractivity contribution < 1.29 is 27.8 Å². The Balaban J connectivity index is 1.74. The quantitative estimate of drug-likeness (QED) is 0.203. The molecule has 1 heterocycles. The standard InChI is InChI=1S/C30H34F2N2O4/c1-6-37-28(36)29(3,4)38-26-14-9-22(10-15-26)17-18-34(27-16-11-24(19-33-27)21(2)35)20-23-7-12-25(13-8-23)30(5,31)32/h7-16,19H,6,17-18,20H2,1-5H3. The molecular weight excluding hydrogens is 490 g/mol. The number of nitrogens with zero attached hydrogens (tertiary/aromatic N) is 2. The minimum absolute atomic E-state index is 0.0369. The van der Waals surface area contributed by atoms with Gasteiger partial charge in [-0.05, 0) is 69.5 Å². The minimum atomic E-state index is -2.90. The van der Waals surface area contributed by atoms with Crippen molar-refractivity contribution in [1.29, 1.82) is 0 Å². The lowest BCUT2D eigenvalue weighted by molar-refractivity contribution is -0.158. The Morgan fingerprint density at radius 3 is 2.08 bits per heavy atom. The summed E-state index contributed by atoms with van der Waals surface area (Å²) in [6.07, 6.45) is 2.21. The normalized spacial score (nSPS) is 11.7. The van der Waals surface area contributed by atoms with Crippen molar-refractivity contribution in [2.75, 3.05) is 18.1 Å². The number of rotatable bonds is 12. The number of aromatic nitrogens is 1. The van der Waals surface area contributed by atoms with Crippen LogP contribution in [0.1, 0.15) is 61.7 Å². The number of alkyl halides is 2. The van der Waals surface area contributed by atoms with Gasteiger partial charge in [-0.2, -0.15) is 0 Å². The number of Topliss-reactive ketones (excluding diaryl/α,β-unsaturated/α-hetero) is 1. The molecule has 0 aliphatic heterocycles. The molecule has 0 saturated heterocycles. The third-order valence-corrected chi connectivity index (χ3v) is 6.05. The number of esters is 1. The maximum atomic E-state index is 13.6. The summed E-state index contributed by atoms with van der Waals surface area (Å²) >= 11 is 0. The van der Waals surface area contributed by atoms with Gasteiger partial charge < -0.3 is 14.4 Å². The fraction of sp³-hybridized carbons (Fsp3) is 0.367. The molecule has 0 bridgehead atoms. The molecule has 3 aromatic rings. The van der Waals surface area contributed by atoms with Crippen molar-refractivity contribution in [2.24, 2.45) is 0 Å². The molecule has 0 amide bonds. The molecule has 0 radical (unpaired) electrons. The van der Waals surface area contributed by atoms with Gasteiger partial charge in [0.15, 0.2) is 11.4 Å². The number of benzene rings is 2. The molecule has 0 N–H and O–H groups in total. The molecule has 0 spiro atoms. The molecule has 1 aromatic heterocycles. The number of hydrogen-bond donors (Lipinski definition) is 0. The summed E-state index contributed by atoms with van der Waals surface area (Å²) in [7, 11) is 0. The van der Waals surface area contributed by atoms with Crippen LogP contribution in [0.15, 0.2) is 66.9 Å². The summed E-state index contributed by atoms with van der Waals surface area (Å²) in [6, 6.07) is 17.3. The highest BCUT2D eigenvalue weighted by Gasteiger charge is 2.31. The molecule has 2 aromatic carbocycles. The van der Waals surface area contributed by atoms with Gasteiger partial charge in [-0.3, -0.25) is 4.79 Å². The number of anilines is 1. The van der Waals surface area contributed by atoms with Crippen LogP contribution in [-0.4, -0.2) is 35.5 Å². The largest absolute Gasteiger partial charge is 0.476 e. The van der Waals surface area contributed by atoms with Gasteiger partial charge in [0.1, 0.15) is 11.6 Å². The van der Waals surface area contributed by atoms with Gasteiger partial charge in [-0.15, -0.1) is 0 Å². The Morgan fingerprint density at radius 2 is 1.55 bits per heavy atom. The Morgan fingerprint density at radius 1 is 0.921 bits per heavy atom. The smallest absolute Gasteiger partial charge is 0.349 e. The second-order valence-electron chi connectivity index (χ2n) is 9.69. The van der Waals surface area contributed by atoms with Crippen LogP contribution in [0, 0.1) is 0 Å². The zero-order valence-electron chi connectivity index (χ0n) is 22.5. The second kappa shape index (κ2) is 12.2. The van der Waals surface area contributed by atoms with Crippen LogP contribution in [0.4, 0.5) is 14.6 Å². The summed E-state index contributed by atoms with van der Waals surface area (Å²) in [6.45, 7) is 8.76. The average Bonchev–Trinajstić information content (AvgIpc) is 2.87. The molecule has 38 heavy (non-hydrogen) atoms. The minimum Gasteiger partial charge on any atom is -0.476 e. The van der Waals surface area contributed by atoms with Crippen LogP contribution in [-0.2, 0) is 28.4 Å². The molecule has 8 heteroatoms. The first-order valence-corrected chi connectivity index (χ1v) is 12.5. The Kier molecular flexibility index (Phi) is 9.20. The number of hydrogen-bond acceptors (Lipinski definition) is 6. The fourth-order valence-corrected chi connectivity index (χ4v) is 3.81. The predicted octanol–water partition coefficient (Wildman–Crippen LogP) is 6.37. The molecule has 0 fully saturated rings. The van der Waals surface area contributed by atoms with Crippen LogP contribution in [0.3, 0.4) is 0 Å². The van der Waals surface area contributed by atoms with E-state index in [2.05, 4.69) is 4.98 Å². The first kappa shape index (κ1) is 28.8. The first-order chi connectivity index (χ1) is 17.9. The fourth-order valence-electron chi connectivity index (χ4n) is 3.81. The topological polar surface area (TPSA) is 68.7 Å². The van der Waals surface area contributed by atoms with Crippen molar-refractivity contribution >= 4 is 17.6 Å².